The lowest BCUT2D eigenvalue weighted by Gasteiger charge is -2.27. The number of rotatable bonds is 2. The molecule has 0 amide bonds. The average Bonchev–Trinajstić information content (AvgIpc) is 2.21. The molecule has 2 aliphatic heterocycles. The van der Waals surface area contributed by atoms with Crippen LogP contribution in [0.15, 0.2) is 48.9 Å². The molecule has 0 atom stereocenters. The van der Waals surface area contributed by atoms with E-state index < -0.39 is 0 Å². The Kier molecular flexibility index (Phi) is 2.48. The third-order valence-corrected chi connectivity index (χ3v) is 1.78. The largest absolute Gasteiger partial charge is 0.233 e. The Hall–Kier alpha value is -1.48. The van der Waals surface area contributed by atoms with Gasteiger partial charge in [-0.2, -0.15) is 4.94 Å². The van der Waals surface area contributed by atoms with E-state index in [2.05, 4.69) is 0 Å². The maximum absolute atomic E-state index is 5.52. The van der Waals surface area contributed by atoms with E-state index in [1.807, 2.05) is 48.9 Å². The van der Waals surface area contributed by atoms with Crippen molar-refractivity contribution in [3.05, 3.63) is 48.9 Å². The molecule has 0 aromatic heterocycles. The molecule has 68 valence electrons. The summed E-state index contributed by atoms with van der Waals surface area (Å²) in [5, 5.41) is 3.56. The highest BCUT2D eigenvalue weighted by Gasteiger charge is 2.05. The van der Waals surface area contributed by atoms with Gasteiger partial charge in [-0.15, -0.1) is 0 Å². The number of nitrogens with zero attached hydrogens (tertiary/aromatic N) is 2. The Balaban J connectivity index is 1.84. The van der Waals surface area contributed by atoms with E-state index in [1.165, 1.54) is 0 Å². The summed E-state index contributed by atoms with van der Waals surface area (Å²) >= 11 is 0. The van der Waals surface area contributed by atoms with Crippen molar-refractivity contribution < 1.29 is 4.94 Å². The van der Waals surface area contributed by atoms with Crippen molar-refractivity contribution in [3.8, 4) is 0 Å². The number of allylic oxidation sites excluding steroid dienone is 4. The Morgan fingerprint density at radius 3 is 1.69 bits per heavy atom. The molecule has 0 unspecified atom stereocenters. The van der Waals surface area contributed by atoms with Gasteiger partial charge in [0.15, 0.2) is 0 Å². The van der Waals surface area contributed by atoms with Crippen LogP contribution in [0.5, 0.6) is 0 Å². The summed E-state index contributed by atoms with van der Waals surface area (Å²) in [6.45, 7) is 1.59. The highest BCUT2D eigenvalue weighted by molar-refractivity contribution is 5.08. The van der Waals surface area contributed by atoms with E-state index in [0.29, 0.717) is 0 Å². The Bertz CT molecular complexity index is 251. The van der Waals surface area contributed by atoms with Crippen LogP contribution in [0.2, 0.25) is 0 Å². The maximum Gasteiger partial charge on any atom is 0.0657 e. The zero-order chi connectivity index (χ0) is 8.93. The van der Waals surface area contributed by atoms with E-state index in [0.717, 1.165) is 13.1 Å². The molecule has 3 nitrogen and oxygen atoms in total. The van der Waals surface area contributed by atoms with Gasteiger partial charge in [-0.25, -0.2) is 10.1 Å². The normalized spacial score (nSPS) is 20.0. The highest BCUT2D eigenvalue weighted by atomic mass is 16.8. The van der Waals surface area contributed by atoms with Gasteiger partial charge in [-0.1, -0.05) is 24.3 Å². The van der Waals surface area contributed by atoms with Crippen LogP contribution in [0, 0.1) is 0 Å². The van der Waals surface area contributed by atoms with Crippen molar-refractivity contribution in [2.45, 2.75) is 0 Å². The van der Waals surface area contributed by atoms with Crippen LogP contribution in [-0.4, -0.2) is 23.2 Å². The van der Waals surface area contributed by atoms with E-state index in [1.54, 1.807) is 10.1 Å². The summed E-state index contributed by atoms with van der Waals surface area (Å²) in [6.07, 6.45) is 15.8. The summed E-state index contributed by atoms with van der Waals surface area (Å²) in [7, 11) is 0. The lowest BCUT2D eigenvalue weighted by molar-refractivity contribution is -0.272. The minimum absolute atomic E-state index is 0.796. The van der Waals surface area contributed by atoms with Gasteiger partial charge in [-0.05, 0) is 12.2 Å². The molecule has 2 rings (SSSR count). The Labute approximate surface area is 77.8 Å². The molecule has 13 heavy (non-hydrogen) atoms. The van der Waals surface area contributed by atoms with Crippen LogP contribution in [0.25, 0.3) is 0 Å². The lowest BCUT2D eigenvalue weighted by atomic mass is 10.4. The van der Waals surface area contributed by atoms with Crippen molar-refractivity contribution >= 4 is 0 Å². The zero-order valence-corrected chi connectivity index (χ0v) is 7.34. The van der Waals surface area contributed by atoms with Gasteiger partial charge in [0.25, 0.3) is 0 Å². The monoisotopic (exact) mass is 176 g/mol. The quantitative estimate of drug-likeness (QED) is 0.635. The molecule has 0 fully saturated rings. The van der Waals surface area contributed by atoms with E-state index in [9.17, 15) is 0 Å². The first-order valence-corrected chi connectivity index (χ1v) is 4.33. The van der Waals surface area contributed by atoms with Gasteiger partial charge >= 0.3 is 0 Å². The molecular weight excluding hydrogens is 164 g/mol. The highest BCUT2D eigenvalue weighted by Crippen LogP contribution is 2.05. The second kappa shape index (κ2) is 3.96. The first-order valence-electron chi connectivity index (χ1n) is 4.33. The summed E-state index contributed by atoms with van der Waals surface area (Å²) in [5.74, 6) is 0. The first-order chi connectivity index (χ1) is 6.45. The predicted octanol–water partition coefficient (Wildman–Crippen LogP) is 1.60. The van der Waals surface area contributed by atoms with E-state index >= 15 is 0 Å². The molecule has 0 aromatic rings. The molecule has 3 heteroatoms. The zero-order valence-electron chi connectivity index (χ0n) is 7.34. The van der Waals surface area contributed by atoms with Crippen molar-refractivity contribution in [2.24, 2.45) is 0 Å². The smallest absolute Gasteiger partial charge is 0.0657 e. The van der Waals surface area contributed by atoms with Crippen molar-refractivity contribution in [1.82, 2.24) is 10.1 Å². The van der Waals surface area contributed by atoms with Gasteiger partial charge in [0, 0.05) is 12.4 Å². The number of hydrogen-bond donors (Lipinski definition) is 0. The third-order valence-electron chi connectivity index (χ3n) is 1.78. The van der Waals surface area contributed by atoms with Crippen LogP contribution >= 0.6 is 0 Å². The van der Waals surface area contributed by atoms with Gasteiger partial charge < -0.3 is 0 Å². The number of hydroxylamine groups is 4. The van der Waals surface area contributed by atoms with Crippen LogP contribution in [0.4, 0.5) is 0 Å². The lowest BCUT2D eigenvalue weighted by Crippen LogP contribution is -2.30. The standard InChI is InChI=1S/C10H12N2O/c1-3-7-11(8-4-1)13-12-9-5-2-6-10-12/h1-7,9H,8,10H2. The third kappa shape index (κ3) is 2.23. The Morgan fingerprint density at radius 1 is 0.769 bits per heavy atom. The van der Waals surface area contributed by atoms with Gasteiger partial charge in [0.1, 0.15) is 0 Å². The molecule has 2 heterocycles. The minimum Gasteiger partial charge on any atom is -0.233 e. The van der Waals surface area contributed by atoms with Crippen LogP contribution < -0.4 is 0 Å². The van der Waals surface area contributed by atoms with Crippen LogP contribution in [0.3, 0.4) is 0 Å². The molecule has 0 spiro atoms. The molecule has 0 aromatic carbocycles. The van der Waals surface area contributed by atoms with E-state index in [-0.39, 0.29) is 0 Å². The minimum atomic E-state index is 0.796. The van der Waals surface area contributed by atoms with Gasteiger partial charge in [0.05, 0.1) is 13.1 Å². The molecule has 0 aliphatic carbocycles. The summed E-state index contributed by atoms with van der Waals surface area (Å²) in [6, 6.07) is 0. The Morgan fingerprint density at radius 2 is 1.31 bits per heavy atom. The first kappa shape index (κ1) is 8.13. The summed E-state index contributed by atoms with van der Waals surface area (Å²) in [5.41, 5.74) is 0. The van der Waals surface area contributed by atoms with E-state index in [4.69, 9.17) is 4.94 Å². The second-order valence-electron chi connectivity index (χ2n) is 2.82. The van der Waals surface area contributed by atoms with Crippen molar-refractivity contribution in [1.29, 1.82) is 0 Å². The SMILES string of the molecule is C1=CCN(ON2C=CC=CC2)C=C1. The van der Waals surface area contributed by atoms with Crippen molar-refractivity contribution in [3.63, 3.8) is 0 Å². The van der Waals surface area contributed by atoms with Crippen LogP contribution in [-0.2, 0) is 4.94 Å². The predicted molar refractivity (Wildman–Crippen MR) is 51.1 cm³/mol. The summed E-state index contributed by atoms with van der Waals surface area (Å²) in [4.78, 5) is 5.52. The molecule has 0 saturated heterocycles. The fourth-order valence-corrected chi connectivity index (χ4v) is 1.16. The fraction of sp³-hybridized carbons (Fsp3) is 0.200. The van der Waals surface area contributed by atoms with Crippen molar-refractivity contribution in [2.75, 3.05) is 13.1 Å². The molecule has 0 bridgehead atoms. The molecular formula is C10H12N2O. The van der Waals surface area contributed by atoms with Gasteiger partial charge in [-0.3, -0.25) is 0 Å². The molecule has 2 aliphatic rings. The second-order valence-corrected chi connectivity index (χ2v) is 2.82. The molecule has 0 saturated carbocycles. The topological polar surface area (TPSA) is 15.7 Å². The fourth-order valence-electron chi connectivity index (χ4n) is 1.16. The molecule has 0 radical (unpaired) electrons. The summed E-state index contributed by atoms with van der Waals surface area (Å²) < 4.78 is 0. The molecule has 0 N–H and O–H groups in total. The average molecular weight is 176 g/mol. The number of hydrogen-bond acceptors (Lipinski definition) is 3. The maximum atomic E-state index is 5.52. The van der Waals surface area contributed by atoms with Crippen LogP contribution in [0.1, 0.15) is 0 Å². The van der Waals surface area contributed by atoms with Gasteiger partial charge in [0.2, 0.25) is 0 Å².